The molecule has 0 N–H and O–H groups in total. The first-order valence-corrected chi connectivity index (χ1v) is 10.6. The molecule has 0 spiro atoms. The van der Waals surface area contributed by atoms with Crippen LogP contribution in [0.3, 0.4) is 0 Å². The number of hydrogen-bond donors (Lipinski definition) is 0. The van der Waals surface area contributed by atoms with E-state index in [1.807, 2.05) is 4.90 Å². The van der Waals surface area contributed by atoms with E-state index >= 15 is 0 Å². The molecule has 2 aliphatic heterocycles. The van der Waals surface area contributed by atoms with Crippen LogP contribution < -0.4 is 0 Å². The predicted molar refractivity (Wildman–Crippen MR) is 90.8 cm³/mol. The van der Waals surface area contributed by atoms with Gasteiger partial charge in [-0.25, -0.2) is 8.42 Å². The summed E-state index contributed by atoms with van der Waals surface area (Å²) in [6.45, 7) is 4.79. The van der Waals surface area contributed by atoms with Crippen LogP contribution in [0.5, 0.6) is 0 Å². The first-order valence-electron chi connectivity index (χ1n) is 8.31. The molecule has 2 saturated heterocycles. The van der Waals surface area contributed by atoms with Crippen LogP contribution in [0.1, 0.15) is 32.6 Å². The minimum Gasteiger partial charge on any atom is -0.342 e. The predicted octanol–water partition coefficient (Wildman–Crippen LogP) is 2.41. The van der Waals surface area contributed by atoms with Crippen molar-refractivity contribution in [2.75, 3.05) is 26.2 Å². The highest BCUT2D eigenvalue weighted by molar-refractivity contribution is 7.91. The van der Waals surface area contributed by atoms with Gasteiger partial charge < -0.3 is 4.90 Å². The number of amides is 1. The number of carbonyl (C=O) groups is 1. The van der Waals surface area contributed by atoms with Gasteiger partial charge in [0, 0.05) is 32.1 Å². The van der Waals surface area contributed by atoms with E-state index in [-0.39, 0.29) is 11.8 Å². The van der Waals surface area contributed by atoms with Crippen molar-refractivity contribution < 1.29 is 13.2 Å². The number of thiophene rings is 1. The van der Waals surface area contributed by atoms with Gasteiger partial charge in [0.2, 0.25) is 5.91 Å². The van der Waals surface area contributed by atoms with Crippen LogP contribution in [-0.4, -0.2) is 49.7 Å². The average Bonchev–Trinajstić information content (AvgIpc) is 3.09. The lowest BCUT2D eigenvalue weighted by atomic mass is 9.93. The quantitative estimate of drug-likeness (QED) is 0.836. The Bertz CT molecular complexity index is 634. The highest BCUT2D eigenvalue weighted by Gasteiger charge is 2.34. The molecule has 0 aliphatic carbocycles. The van der Waals surface area contributed by atoms with Gasteiger partial charge in [-0.05, 0) is 43.0 Å². The number of likely N-dealkylation sites (tertiary alicyclic amines) is 1. The second kappa shape index (κ2) is 6.91. The molecule has 0 saturated carbocycles. The largest absolute Gasteiger partial charge is 0.342 e. The van der Waals surface area contributed by atoms with Crippen LogP contribution in [-0.2, 0) is 14.8 Å². The maximum Gasteiger partial charge on any atom is 0.252 e. The molecular weight excluding hydrogens is 332 g/mol. The Hall–Kier alpha value is -0.920. The Labute approximate surface area is 142 Å². The van der Waals surface area contributed by atoms with Crippen molar-refractivity contribution in [1.82, 2.24) is 9.21 Å². The third kappa shape index (κ3) is 3.61. The summed E-state index contributed by atoms with van der Waals surface area (Å²) in [5, 5.41) is 1.78. The molecule has 0 bridgehead atoms. The van der Waals surface area contributed by atoms with Crippen LogP contribution in [0.2, 0.25) is 0 Å². The SMILES string of the molecule is C[C@H]1CCCN(C(=O)C2CCN(S(=O)(=O)c3cccs3)CC2)C1. The van der Waals surface area contributed by atoms with Crippen molar-refractivity contribution in [3.63, 3.8) is 0 Å². The first kappa shape index (κ1) is 16.9. The molecule has 7 heteroatoms. The van der Waals surface area contributed by atoms with Crippen LogP contribution in [0, 0.1) is 11.8 Å². The third-order valence-electron chi connectivity index (χ3n) is 4.86. The number of carbonyl (C=O) groups excluding carboxylic acids is 1. The summed E-state index contributed by atoms with van der Waals surface area (Å²) in [7, 11) is -3.37. The molecule has 1 atom stereocenters. The zero-order valence-corrected chi connectivity index (χ0v) is 15.1. The van der Waals surface area contributed by atoms with Gasteiger partial charge in [0.05, 0.1) is 0 Å². The molecule has 3 heterocycles. The fourth-order valence-electron chi connectivity index (χ4n) is 3.53. The molecule has 0 unspecified atom stereocenters. The van der Waals surface area contributed by atoms with Gasteiger partial charge in [0.15, 0.2) is 0 Å². The molecule has 2 fully saturated rings. The number of sulfonamides is 1. The van der Waals surface area contributed by atoms with Crippen molar-refractivity contribution in [3.05, 3.63) is 17.5 Å². The van der Waals surface area contributed by atoms with Gasteiger partial charge in [-0.2, -0.15) is 4.31 Å². The lowest BCUT2D eigenvalue weighted by Gasteiger charge is -2.36. The molecule has 0 radical (unpaired) electrons. The normalized spacial score (nSPS) is 24.7. The molecule has 1 amide bonds. The van der Waals surface area contributed by atoms with E-state index in [1.165, 1.54) is 22.1 Å². The van der Waals surface area contributed by atoms with Crippen molar-refractivity contribution in [3.8, 4) is 0 Å². The van der Waals surface area contributed by atoms with E-state index in [9.17, 15) is 13.2 Å². The topological polar surface area (TPSA) is 57.7 Å². The molecule has 128 valence electrons. The van der Waals surface area contributed by atoms with Crippen molar-refractivity contribution in [1.29, 1.82) is 0 Å². The first-order chi connectivity index (χ1) is 11.0. The molecule has 3 rings (SSSR count). The van der Waals surface area contributed by atoms with Crippen LogP contribution >= 0.6 is 11.3 Å². The highest BCUT2D eigenvalue weighted by Crippen LogP contribution is 2.28. The van der Waals surface area contributed by atoms with Crippen molar-refractivity contribution in [2.45, 2.75) is 36.8 Å². The Balaban J connectivity index is 1.59. The molecule has 1 aromatic heterocycles. The summed E-state index contributed by atoms with van der Waals surface area (Å²) in [5.41, 5.74) is 0. The van der Waals surface area contributed by atoms with Crippen molar-refractivity contribution >= 4 is 27.3 Å². The van der Waals surface area contributed by atoms with Gasteiger partial charge in [0.1, 0.15) is 4.21 Å². The number of piperidine rings is 2. The minimum absolute atomic E-state index is 0.0184. The summed E-state index contributed by atoms with van der Waals surface area (Å²) in [6.07, 6.45) is 3.54. The fourth-order valence-corrected chi connectivity index (χ4v) is 6.14. The summed E-state index contributed by atoms with van der Waals surface area (Å²) in [4.78, 5) is 14.6. The number of nitrogens with zero attached hydrogens (tertiary/aromatic N) is 2. The van der Waals surface area contributed by atoms with Gasteiger partial charge in [-0.3, -0.25) is 4.79 Å². The highest BCUT2D eigenvalue weighted by atomic mass is 32.2. The van der Waals surface area contributed by atoms with E-state index in [0.717, 1.165) is 19.5 Å². The average molecular weight is 357 g/mol. The lowest BCUT2D eigenvalue weighted by molar-refractivity contribution is -0.138. The molecule has 1 aromatic rings. The summed E-state index contributed by atoms with van der Waals surface area (Å²) < 4.78 is 26.9. The van der Waals surface area contributed by atoms with Crippen LogP contribution in [0.15, 0.2) is 21.7 Å². The summed E-state index contributed by atoms with van der Waals surface area (Å²) >= 11 is 1.25. The van der Waals surface area contributed by atoms with Gasteiger partial charge >= 0.3 is 0 Å². The lowest BCUT2D eigenvalue weighted by Crippen LogP contribution is -2.46. The van der Waals surface area contributed by atoms with Crippen LogP contribution in [0.4, 0.5) is 0 Å². The molecule has 23 heavy (non-hydrogen) atoms. The number of hydrogen-bond acceptors (Lipinski definition) is 4. The Morgan fingerprint density at radius 1 is 1.22 bits per heavy atom. The molecule has 5 nitrogen and oxygen atoms in total. The molecule has 0 aromatic carbocycles. The van der Waals surface area contributed by atoms with Crippen LogP contribution in [0.25, 0.3) is 0 Å². The van der Waals surface area contributed by atoms with E-state index < -0.39 is 10.0 Å². The van der Waals surface area contributed by atoms with E-state index in [1.54, 1.807) is 17.5 Å². The van der Waals surface area contributed by atoms with Gasteiger partial charge in [-0.15, -0.1) is 11.3 Å². The van der Waals surface area contributed by atoms with Crippen molar-refractivity contribution in [2.24, 2.45) is 11.8 Å². The second-order valence-electron chi connectivity index (χ2n) is 6.64. The maximum atomic E-state index is 12.6. The Morgan fingerprint density at radius 2 is 1.96 bits per heavy atom. The maximum absolute atomic E-state index is 12.6. The van der Waals surface area contributed by atoms with E-state index in [2.05, 4.69) is 6.92 Å². The monoisotopic (exact) mass is 356 g/mol. The summed E-state index contributed by atoms with van der Waals surface area (Å²) in [5.74, 6) is 0.784. The standard InChI is InChI=1S/C16H24N2O3S2/c1-13-4-2-8-17(12-13)16(19)14-6-9-18(10-7-14)23(20,21)15-5-3-11-22-15/h3,5,11,13-14H,2,4,6-10,12H2,1H3/t13-/m0/s1. The third-order valence-corrected chi connectivity index (χ3v) is 8.13. The van der Waals surface area contributed by atoms with E-state index in [4.69, 9.17) is 0 Å². The zero-order valence-electron chi connectivity index (χ0n) is 13.5. The van der Waals surface area contributed by atoms with E-state index in [0.29, 0.717) is 36.1 Å². The van der Waals surface area contributed by atoms with Gasteiger partial charge in [-0.1, -0.05) is 13.0 Å². The molecular formula is C16H24N2O3S2. The van der Waals surface area contributed by atoms with Gasteiger partial charge in [0.25, 0.3) is 10.0 Å². The Kier molecular flexibility index (Phi) is 5.08. The second-order valence-corrected chi connectivity index (χ2v) is 9.75. The smallest absolute Gasteiger partial charge is 0.252 e. The zero-order chi connectivity index (χ0) is 16.4. The minimum atomic E-state index is -3.37. The number of rotatable bonds is 3. The summed E-state index contributed by atoms with van der Waals surface area (Å²) in [6, 6.07) is 3.40. The fraction of sp³-hybridized carbons (Fsp3) is 0.688. The molecule has 2 aliphatic rings. The Morgan fingerprint density at radius 3 is 2.57 bits per heavy atom.